The average Bonchev–Trinajstić information content (AvgIpc) is 3.21. The molecule has 2 N–H and O–H groups in total. The molecule has 0 saturated heterocycles. The Kier molecular flexibility index (Phi) is 5.05. The second-order valence-electron chi connectivity index (χ2n) is 5.62. The van der Waals surface area contributed by atoms with Gasteiger partial charge >= 0.3 is 0 Å². The van der Waals surface area contributed by atoms with Gasteiger partial charge in [0.15, 0.2) is 0 Å². The molecule has 25 heavy (non-hydrogen) atoms. The van der Waals surface area contributed by atoms with Crippen LogP contribution in [0.3, 0.4) is 0 Å². The van der Waals surface area contributed by atoms with Gasteiger partial charge in [-0.2, -0.15) is 0 Å². The third kappa shape index (κ3) is 3.82. The van der Waals surface area contributed by atoms with Gasteiger partial charge in [-0.1, -0.05) is 29.4 Å². The summed E-state index contributed by atoms with van der Waals surface area (Å²) in [6, 6.07) is 10.5. The van der Waals surface area contributed by atoms with E-state index in [0.717, 1.165) is 27.3 Å². The predicted molar refractivity (Wildman–Crippen MR) is 95.7 cm³/mol. The Morgan fingerprint density at radius 3 is 2.40 bits per heavy atom. The SMILES string of the molecule is Cc1noc(C)c1-c1ccc(S(=O)(=O)NCc2ccc(CO)cc2)s1. The van der Waals surface area contributed by atoms with Gasteiger partial charge in [0.05, 0.1) is 17.9 Å². The summed E-state index contributed by atoms with van der Waals surface area (Å²) in [5.41, 5.74) is 3.18. The Morgan fingerprint density at radius 1 is 1.12 bits per heavy atom. The maximum atomic E-state index is 12.5. The molecule has 0 aliphatic carbocycles. The van der Waals surface area contributed by atoms with E-state index in [-0.39, 0.29) is 17.4 Å². The molecule has 2 aromatic heterocycles. The van der Waals surface area contributed by atoms with Gasteiger partial charge in [0, 0.05) is 11.4 Å². The number of rotatable bonds is 6. The summed E-state index contributed by atoms with van der Waals surface area (Å²) in [6.45, 7) is 3.78. The van der Waals surface area contributed by atoms with Crippen molar-refractivity contribution < 1.29 is 18.0 Å². The molecular weight excluding hydrogens is 360 g/mol. The molecule has 0 unspecified atom stereocenters. The largest absolute Gasteiger partial charge is 0.392 e. The Hall–Kier alpha value is -2.00. The lowest BCUT2D eigenvalue weighted by Crippen LogP contribution is -2.22. The van der Waals surface area contributed by atoms with E-state index in [2.05, 4.69) is 9.88 Å². The van der Waals surface area contributed by atoms with Crippen LogP contribution in [-0.4, -0.2) is 18.7 Å². The highest BCUT2D eigenvalue weighted by Crippen LogP contribution is 2.34. The summed E-state index contributed by atoms with van der Waals surface area (Å²) >= 11 is 1.18. The first kappa shape index (κ1) is 17.8. The summed E-state index contributed by atoms with van der Waals surface area (Å²) in [5.74, 6) is 0.667. The minimum atomic E-state index is -3.60. The van der Waals surface area contributed by atoms with Crippen LogP contribution in [0.25, 0.3) is 10.4 Å². The van der Waals surface area contributed by atoms with Crippen molar-refractivity contribution in [3.63, 3.8) is 0 Å². The van der Waals surface area contributed by atoms with Gasteiger partial charge in [-0.05, 0) is 37.1 Å². The number of aryl methyl sites for hydroxylation is 2. The highest BCUT2D eigenvalue weighted by atomic mass is 32.2. The normalized spacial score (nSPS) is 11.8. The summed E-state index contributed by atoms with van der Waals surface area (Å²) in [7, 11) is -3.60. The van der Waals surface area contributed by atoms with Gasteiger partial charge in [0.1, 0.15) is 9.97 Å². The first-order valence-corrected chi connectivity index (χ1v) is 9.92. The second-order valence-corrected chi connectivity index (χ2v) is 8.69. The van der Waals surface area contributed by atoms with Gasteiger partial charge in [-0.25, -0.2) is 13.1 Å². The zero-order valence-corrected chi connectivity index (χ0v) is 15.4. The zero-order valence-electron chi connectivity index (χ0n) is 13.8. The maximum absolute atomic E-state index is 12.5. The first-order chi connectivity index (χ1) is 11.9. The van der Waals surface area contributed by atoms with Crippen LogP contribution in [-0.2, 0) is 23.2 Å². The fraction of sp³-hybridized carbons (Fsp3) is 0.235. The van der Waals surface area contributed by atoms with Crippen LogP contribution in [0.4, 0.5) is 0 Å². The molecule has 0 aliphatic rings. The van der Waals surface area contributed by atoms with Crippen LogP contribution in [0.2, 0.25) is 0 Å². The third-order valence-corrected chi connectivity index (χ3v) is 6.79. The fourth-order valence-electron chi connectivity index (χ4n) is 2.45. The molecule has 132 valence electrons. The first-order valence-electron chi connectivity index (χ1n) is 7.62. The van der Waals surface area contributed by atoms with Crippen molar-refractivity contribution in [1.82, 2.24) is 9.88 Å². The van der Waals surface area contributed by atoms with Crippen molar-refractivity contribution in [2.45, 2.75) is 31.2 Å². The third-order valence-electron chi connectivity index (χ3n) is 3.80. The van der Waals surface area contributed by atoms with Crippen LogP contribution in [0.5, 0.6) is 0 Å². The highest BCUT2D eigenvalue weighted by Gasteiger charge is 2.20. The van der Waals surface area contributed by atoms with Crippen molar-refractivity contribution in [2.24, 2.45) is 0 Å². The molecule has 1 aromatic carbocycles. The minimum Gasteiger partial charge on any atom is -0.392 e. The van der Waals surface area contributed by atoms with E-state index in [4.69, 9.17) is 9.63 Å². The van der Waals surface area contributed by atoms with E-state index in [1.54, 1.807) is 43.3 Å². The van der Waals surface area contributed by atoms with E-state index in [0.29, 0.717) is 5.76 Å². The monoisotopic (exact) mass is 378 g/mol. The lowest BCUT2D eigenvalue weighted by Gasteiger charge is -2.05. The summed E-state index contributed by atoms with van der Waals surface area (Å²) in [6.07, 6.45) is 0. The number of sulfonamides is 1. The fourth-order valence-corrected chi connectivity index (χ4v) is 4.96. The smallest absolute Gasteiger partial charge is 0.250 e. The predicted octanol–water partition coefficient (Wildman–Crippen LogP) is 2.99. The molecule has 6 nitrogen and oxygen atoms in total. The van der Waals surface area contributed by atoms with E-state index >= 15 is 0 Å². The number of hydrogen-bond acceptors (Lipinski definition) is 6. The molecule has 8 heteroatoms. The number of hydrogen-bond donors (Lipinski definition) is 2. The number of nitrogens with zero attached hydrogens (tertiary/aromatic N) is 1. The van der Waals surface area contributed by atoms with Crippen molar-refractivity contribution in [1.29, 1.82) is 0 Å². The van der Waals surface area contributed by atoms with E-state index < -0.39 is 10.0 Å². The number of aliphatic hydroxyl groups is 1. The molecule has 0 bridgehead atoms. The Bertz CT molecular complexity index is 953. The van der Waals surface area contributed by atoms with Crippen molar-refractivity contribution in [3.05, 3.63) is 59.0 Å². The second kappa shape index (κ2) is 7.09. The zero-order chi connectivity index (χ0) is 18.0. The van der Waals surface area contributed by atoms with Crippen LogP contribution in [0.1, 0.15) is 22.6 Å². The maximum Gasteiger partial charge on any atom is 0.250 e. The van der Waals surface area contributed by atoms with Crippen LogP contribution in [0, 0.1) is 13.8 Å². The van der Waals surface area contributed by atoms with Crippen LogP contribution < -0.4 is 4.72 Å². The molecule has 0 saturated carbocycles. The average molecular weight is 378 g/mol. The van der Waals surface area contributed by atoms with Gasteiger partial charge in [-0.3, -0.25) is 0 Å². The Balaban J connectivity index is 1.76. The van der Waals surface area contributed by atoms with E-state index in [9.17, 15) is 8.42 Å². The molecule has 0 amide bonds. The lowest BCUT2D eigenvalue weighted by atomic mass is 10.1. The molecule has 2 heterocycles. The number of aromatic nitrogens is 1. The molecule has 0 fully saturated rings. The molecule has 0 aliphatic heterocycles. The molecule has 3 aromatic rings. The summed E-state index contributed by atoms with van der Waals surface area (Å²) < 4.78 is 33.0. The number of thiophene rings is 1. The molecular formula is C17H18N2O4S2. The van der Waals surface area contributed by atoms with Crippen molar-refractivity contribution >= 4 is 21.4 Å². The standard InChI is InChI=1S/C17H18N2O4S2/c1-11-17(12(2)23-19-11)15-7-8-16(24-15)25(21,22)18-9-13-3-5-14(10-20)6-4-13/h3-8,18,20H,9-10H2,1-2H3. The Morgan fingerprint density at radius 2 is 1.80 bits per heavy atom. The molecule has 3 rings (SSSR count). The topological polar surface area (TPSA) is 92.4 Å². The van der Waals surface area contributed by atoms with Gasteiger partial charge in [0.25, 0.3) is 0 Å². The molecule has 0 atom stereocenters. The van der Waals surface area contributed by atoms with Crippen molar-refractivity contribution in [2.75, 3.05) is 0 Å². The highest BCUT2D eigenvalue weighted by molar-refractivity contribution is 7.91. The summed E-state index contributed by atoms with van der Waals surface area (Å²) in [5, 5.41) is 12.9. The number of benzene rings is 1. The number of aliphatic hydroxyl groups excluding tert-OH is 1. The quantitative estimate of drug-likeness (QED) is 0.688. The molecule has 0 radical (unpaired) electrons. The Labute approximate surface area is 150 Å². The lowest BCUT2D eigenvalue weighted by molar-refractivity contribution is 0.282. The molecule has 0 spiro atoms. The van der Waals surface area contributed by atoms with Crippen LogP contribution >= 0.6 is 11.3 Å². The van der Waals surface area contributed by atoms with Gasteiger partial charge < -0.3 is 9.63 Å². The van der Waals surface area contributed by atoms with Gasteiger partial charge in [0.2, 0.25) is 10.0 Å². The summed E-state index contributed by atoms with van der Waals surface area (Å²) in [4.78, 5) is 0.809. The van der Waals surface area contributed by atoms with E-state index in [1.165, 1.54) is 11.3 Å². The van der Waals surface area contributed by atoms with E-state index in [1.807, 2.05) is 6.92 Å². The van der Waals surface area contributed by atoms with Crippen LogP contribution in [0.15, 0.2) is 45.1 Å². The van der Waals surface area contributed by atoms with Gasteiger partial charge in [-0.15, -0.1) is 11.3 Å². The number of nitrogens with one attached hydrogen (secondary N) is 1. The van der Waals surface area contributed by atoms with Crippen molar-refractivity contribution in [3.8, 4) is 10.4 Å². The minimum absolute atomic E-state index is 0.0360.